The Labute approximate surface area is 75.8 Å². The summed E-state index contributed by atoms with van der Waals surface area (Å²) in [6.45, 7) is 9.05. The Morgan fingerprint density at radius 3 is 2.08 bits per heavy atom. The van der Waals surface area contributed by atoms with E-state index in [0.29, 0.717) is 12.0 Å². The average Bonchev–Trinajstić information content (AvgIpc) is 2.58. The van der Waals surface area contributed by atoms with Crippen LogP contribution >= 0.6 is 0 Å². The number of rotatable bonds is 4. The maximum Gasteiger partial charge on any atom is 0.0164 e. The van der Waals surface area contributed by atoms with Crippen LogP contribution in [-0.2, 0) is 0 Å². The topological polar surface area (TPSA) is 3.24 Å². The van der Waals surface area contributed by atoms with Gasteiger partial charge in [-0.15, -0.1) is 0 Å². The maximum atomic E-state index is 2.49. The summed E-state index contributed by atoms with van der Waals surface area (Å²) in [5.41, 5.74) is 0. The molecular weight excluding hydrogens is 146 g/mol. The van der Waals surface area contributed by atoms with Gasteiger partial charge >= 0.3 is 0 Å². The average molecular weight is 165 g/mol. The highest BCUT2D eigenvalue weighted by atomic mass is 15.1. The Morgan fingerprint density at radius 2 is 1.67 bits per heavy atom. The third kappa shape index (κ3) is 1.98. The smallest absolute Gasteiger partial charge is 0.0164 e. The zero-order valence-electron chi connectivity index (χ0n) is 8.33. The van der Waals surface area contributed by atoms with Crippen LogP contribution in [0.2, 0.25) is 0 Å². The van der Waals surface area contributed by atoms with Crippen LogP contribution in [0.1, 0.15) is 20.8 Å². The lowest BCUT2D eigenvalue weighted by Crippen LogP contribution is -2.36. The summed E-state index contributed by atoms with van der Waals surface area (Å²) in [6.07, 6.45) is 8.85. The molecule has 0 aromatic carbocycles. The van der Waals surface area contributed by atoms with Crippen molar-refractivity contribution in [2.45, 2.75) is 26.8 Å². The van der Waals surface area contributed by atoms with Crippen LogP contribution in [0.15, 0.2) is 24.3 Å². The molecule has 0 bridgehead atoms. The Balaban J connectivity index is 2.49. The molecule has 1 nitrogen and oxygen atoms in total. The highest BCUT2D eigenvalue weighted by Gasteiger charge is 2.17. The molecule has 0 radical (unpaired) electrons. The van der Waals surface area contributed by atoms with Crippen LogP contribution in [-0.4, -0.2) is 24.0 Å². The summed E-state index contributed by atoms with van der Waals surface area (Å²) in [6, 6.07) is 0.648. The van der Waals surface area contributed by atoms with E-state index < -0.39 is 0 Å². The zero-order chi connectivity index (χ0) is 8.97. The van der Waals surface area contributed by atoms with E-state index >= 15 is 0 Å². The first kappa shape index (κ1) is 9.53. The lowest BCUT2D eigenvalue weighted by Gasteiger charge is -2.29. The predicted octanol–water partition coefficient (Wildman–Crippen LogP) is 2.46. The lowest BCUT2D eigenvalue weighted by molar-refractivity contribution is 0.209. The van der Waals surface area contributed by atoms with Crippen LogP contribution in [0.25, 0.3) is 0 Å². The van der Waals surface area contributed by atoms with Crippen molar-refractivity contribution < 1.29 is 0 Å². The predicted molar refractivity (Wildman–Crippen MR) is 54.2 cm³/mol. The Hall–Kier alpha value is -0.560. The molecule has 12 heavy (non-hydrogen) atoms. The summed E-state index contributed by atoms with van der Waals surface area (Å²) in [5.74, 6) is 0.630. The fraction of sp³-hybridized carbons (Fsp3) is 0.636. The van der Waals surface area contributed by atoms with Gasteiger partial charge in [0, 0.05) is 12.0 Å². The van der Waals surface area contributed by atoms with Crippen LogP contribution in [0, 0.1) is 5.92 Å². The van der Waals surface area contributed by atoms with Crippen molar-refractivity contribution in [3.63, 3.8) is 0 Å². The fourth-order valence-electron chi connectivity index (χ4n) is 1.81. The standard InChI is InChI=1S/C11H19N/c1-4-12(5-2)10(3)11-8-6-7-9-11/h6-11H,4-5H2,1-3H3. The highest BCUT2D eigenvalue weighted by Crippen LogP contribution is 2.17. The molecule has 0 saturated carbocycles. The molecule has 1 unspecified atom stereocenters. The minimum Gasteiger partial charge on any atom is -0.300 e. The van der Waals surface area contributed by atoms with Crippen molar-refractivity contribution in [3.8, 4) is 0 Å². The summed E-state index contributed by atoms with van der Waals surface area (Å²) in [5, 5.41) is 0. The summed E-state index contributed by atoms with van der Waals surface area (Å²) >= 11 is 0. The molecule has 0 aliphatic heterocycles. The molecule has 0 heterocycles. The highest BCUT2D eigenvalue weighted by molar-refractivity contribution is 5.19. The van der Waals surface area contributed by atoms with Crippen LogP contribution in [0.3, 0.4) is 0 Å². The van der Waals surface area contributed by atoms with Crippen molar-refractivity contribution in [1.82, 2.24) is 4.90 Å². The van der Waals surface area contributed by atoms with Crippen LogP contribution < -0.4 is 0 Å². The lowest BCUT2D eigenvalue weighted by atomic mass is 10.0. The molecule has 1 atom stereocenters. The molecule has 1 aliphatic carbocycles. The molecule has 0 spiro atoms. The van der Waals surface area contributed by atoms with Gasteiger partial charge in [0.2, 0.25) is 0 Å². The maximum absolute atomic E-state index is 2.49. The summed E-state index contributed by atoms with van der Waals surface area (Å²) < 4.78 is 0. The van der Waals surface area contributed by atoms with E-state index in [1.807, 2.05) is 0 Å². The van der Waals surface area contributed by atoms with Crippen LogP contribution in [0.5, 0.6) is 0 Å². The normalized spacial score (nSPS) is 19.3. The molecule has 1 rings (SSSR count). The number of hydrogen-bond acceptors (Lipinski definition) is 1. The first-order chi connectivity index (χ1) is 5.79. The van der Waals surface area contributed by atoms with Gasteiger partial charge in [0.1, 0.15) is 0 Å². The summed E-state index contributed by atoms with van der Waals surface area (Å²) in [7, 11) is 0. The minimum atomic E-state index is 0.630. The van der Waals surface area contributed by atoms with Gasteiger partial charge in [-0.1, -0.05) is 38.2 Å². The van der Waals surface area contributed by atoms with Gasteiger partial charge in [-0.3, -0.25) is 0 Å². The van der Waals surface area contributed by atoms with Gasteiger partial charge in [0.25, 0.3) is 0 Å². The second-order valence-corrected chi connectivity index (χ2v) is 3.31. The second kappa shape index (κ2) is 4.46. The molecule has 0 N–H and O–H groups in total. The Morgan fingerprint density at radius 1 is 1.17 bits per heavy atom. The SMILES string of the molecule is CCN(CC)C(C)C1C=CC=C1. The number of hydrogen-bond donors (Lipinski definition) is 0. The molecule has 0 saturated heterocycles. The molecule has 1 heteroatoms. The Bertz CT molecular complexity index is 165. The van der Waals surface area contributed by atoms with Crippen molar-refractivity contribution in [3.05, 3.63) is 24.3 Å². The molecular formula is C11H19N. The van der Waals surface area contributed by atoms with Gasteiger partial charge in [0.05, 0.1) is 0 Å². The van der Waals surface area contributed by atoms with Crippen molar-refractivity contribution in [1.29, 1.82) is 0 Å². The second-order valence-electron chi connectivity index (χ2n) is 3.31. The van der Waals surface area contributed by atoms with Crippen molar-refractivity contribution in [2.24, 2.45) is 5.92 Å². The third-order valence-electron chi connectivity index (χ3n) is 2.72. The Kier molecular flexibility index (Phi) is 3.54. The van der Waals surface area contributed by atoms with Gasteiger partial charge in [-0.25, -0.2) is 0 Å². The van der Waals surface area contributed by atoms with Crippen molar-refractivity contribution >= 4 is 0 Å². The third-order valence-corrected chi connectivity index (χ3v) is 2.72. The molecule has 0 aromatic rings. The summed E-state index contributed by atoms with van der Waals surface area (Å²) in [4.78, 5) is 2.49. The molecule has 0 amide bonds. The van der Waals surface area contributed by atoms with Crippen LogP contribution in [0.4, 0.5) is 0 Å². The molecule has 0 fully saturated rings. The van der Waals surface area contributed by atoms with E-state index in [1.165, 1.54) is 0 Å². The molecule has 68 valence electrons. The number of allylic oxidation sites excluding steroid dienone is 2. The number of nitrogens with zero attached hydrogens (tertiary/aromatic N) is 1. The van der Waals surface area contributed by atoms with E-state index in [0.717, 1.165) is 13.1 Å². The van der Waals surface area contributed by atoms with Gasteiger partial charge in [-0.05, 0) is 20.0 Å². The first-order valence-electron chi connectivity index (χ1n) is 4.88. The van der Waals surface area contributed by atoms with E-state index in [4.69, 9.17) is 0 Å². The van der Waals surface area contributed by atoms with Gasteiger partial charge in [-0.2, -0.15) is 0 Å². The minimum absolute atomic E-state index is 0.630. The monoisotopic (exact) mass is 165 g/mol. The van der Waals surface area contributed by atoms with Gasteiger partial charge < -0.3 is 4.90 Å². The largest absolute Gasteiger partial charge is 0.300 e. The van der Waals surface area contributed by atoms with E-state index in [9.17, 15) is 0 Å². The van der Waals surface area contributed by atoms with E-state index in [2.05, 4.69) is 50.0 Å². The van der Waals surface area contributed by atoms with Gasteiger partial charge in [0.15, 0.2) is 0 Å². The van der Waals surface area contributed by atoms with Crippen molar-refractivity contribution in [2.75, 3.05) is 13.1 Å². The van der Waals surface area contributed by atoms with E-state index in [1.54, 1.807) is 0 Å². The fourth-order valence-corrected chi connectivity index (χ4v) is 1.81. The zero-order valence-corrected chi connectivity index (χ0v) is 8.33. The van der Waals surface area contributed by atoms with E-state index in [-0.39, 0.29) is 0 Å². The first-order valence-corrected chi connectivity index (χ1v) is 4.88. The quantitative estimate of drug-likeness (QED) is 0.618. The molecule has 0 aromatic heterocycles. The molecule has 1 aliphatic rings.